The largest absolute Gasteiger partial charge is 0.303 e. The normalized spacial score (nSPS) is 10.1. The van der Waals surface area contributed by atoms with Crippen LogP contribution in [-0.2, 0) is 11.2 Å². The third-order valence-electron chi connectivity index (χ3n) is 2.30. The highest BCUT2D eigenvalue weighted by Gasteiger charge is 2.03. The molecule has 0 saturated carbocycles. The van der Waals surface area contributed by atoms with Crippen LogP contribution in [-0.4, -0.2) is 11.3 Å². The molecule has 0 saturated heterocycles. The summed E-state index contributed by atoms with van der Waals surface area (Å²) in [6.07, 6.45) is 4.68. The summed E-state index contributed by atoms with van der Waals surface area (Å²) in [6, 6.07) is 9.51. The van der Waals surface area contributed by atoms with E-state index in [1.807, 2.05) is 30.3 Å². The highest BCUT2D eigenvalue weighted by atomic mass is 35.5. The number of hydrogen-bond donors (Lipinski definition) is 0. The van der Waals surface area contributed by atoms with Crippen molar-refractivity contribution in [1.29, 1.82) is 0 Å². The molecular formula is C13H10ClNO. The lowest BCUT2D eigenvalue weighted by molar-refractivity contribution is -0.107. The maximum absolute atomic E-state index is 10.4. The van der Waals surface area contributed by atoms with E-state index in [1.54, 1.807) is 12.4 Å². The van der Waals surface area contributed by atoms with Crippen LogP contribution in [0.2, 0.25) is 5.02 Å². The molecule has 0 N–H and O–H groups in total. The van der Waals surface area contributed by atoms with Crippen molar-refractivity contribution in [2.24, 2.45) is 0 Å². The summed E-state index contributed by atoms with van der Waals surface area (Å²) in [4.78, 5) is 14.5. The molecule has 0 unspecified atom stereocenters. The zero-order valence-electron chi connectivity index (χ0n) is 8.56. The van der Waals surface area contributed by atoms with Crippen molar-refractivity contribution in [3.05, 3.63) is 53.3 Å². The molecule has 0 spiro atoms. The van der Waals surface area contributed by atoms with Crippen LogP contribution < -0.4 is 0 Å². The Bertz CT molecular complexity index is 511. The maximum Gasteiger partial charge on any atom is 0.124 e. The van der Waals surface area contributed by atoms with Crippen LogP contribution >= 0.6 is 11.6 Å². The molecule has 1 aromatic heterocycles. The van der Waals surface area contributed by atoms with Crippen LogP contribution in [0.5, 0.6) is 0 Å². The van der Waals surface area contributed by atoms with Crippen LogP contribution in [0, 0.1) is 0 Å². The van der Waals surface area contributed by atoms with Crippen LogP contribution in [0.15, 0.2) is 42.7 Å². The van der Waals surface area contributed by atoms with Crippen LogP contribution in [0.25, 0.3) is 11.1 Å². The van der Waals surface area contributed by atoms with Gasteiger partial charge in [-0.1, -0.05) is 29.8 Å². The molecule has 3 heteroatoms. The number of carbonyl (C=O) groups excluding carboxylic acids is 1. The van der Waals surface area contributed by atoms with Crippen LogP contribution in [0.3, 0.4) is 0 Å². The van der Waals surface area contributed by atoms with E-state index >= 15 is 0 Å². The molecular weight excluding hydrogens is 222 g/mol. The van der Waals surface area contributed by atoms with Gasteiger partial charge in [-0.15, -0.1) is 0 Å². The molecule has 0 radical (unpaired) electrons. The average molecular weight is 232 g/mol. The second-order valence-corrected chi connectivity index (χ2v) is 3.84. The van der Waals surface area contributed by atoms with Crippen molar-refractivity contribution in [3.63, 3.8) is 0 Å². The summed E-state index contributed by atoms with van der Waals surface area (Å²) in [5.41, 5.74) is 2.77. The van der Waals surface area contributed by atoms with Gasteiger partial charge < -0.3 is 4.79 Å². The minimum atomic E-state index is 0.380. The molecule has 2 nitrogen and oxygen atoms in total. The van der Waals surface area contributed by atoms with E-state index in [1.165, 1.54) is 0 Å². The molecule has 0 aliphatic rings. The lowest BCUT2D eigenvalue weighted by Crippen LogP contribution is -1.89. The molecule has 0 amide bonds. The summed E-state index contributed by atoms with van der Waals surface area (Å²) in [5, 5.41) is 0.688. The Morgan fingerprint density at radius 1 is 1.25 bits per heavy atom. The number of carbonyl (C=O) groups is 1. The Morgan fingerprint density at radius 3 is 2.81 bits per heavy atom. The summed E-state index contributed by atoms with van der Waals surface area (Å²) in [5.74, 6) is 0. The summed E-state index contributed by atoms with van der Waals surface area (Å²) < 4.78 is 0. The van der Waals surface area contributed by atoms with Crippen LogP contribution in [0.1, 0.15) is 5.56 Å². The van der Waals surface area contributed by atoms with Gasteiger partial charge in [-0.3, -0.25) is 4.98 Å². The first-order valence-corrected chi connectivity index (χ1v) is 5.31. The van der Waals surface area contributed by atoms with Gasteiger partial charge in [-0.2, -0.15) is 0 Å². The van der Waals surface area contributed by atoms with Gasteiger partial charge in [0.2, 0.25) is 0 Å². The molecule has 16 heavy (non-hydrogen) atoms. The van der Waals surface area contributed by atoms with E-state index in [4.69, 9.17) is 11.6 Å². The molecule has 0 aliphatic carbocycles. The van der Waals surface area contributed by atoms with Gasteiger partial charge in [0.05, 0.1) is 0 Å². The predicted octanol–water partition coefficient (Wildman–Crippen LogP) is 3.14. The number of rotatable bonds is 3. The van der Waals surface area contributed by atoms with Crippen molar-refractivity contribution < 1.29 is 4.79 Å². The summed E-state index contributed by atoms with van der Waals surface area (Å²) in [6.45, 7) is 0. The molecule has 2 aromatic rings. The Morgan fingerprint density at radius 2 is 2.06 bits per heavy atom. The number of hydrogen-bond acceptors (Lipinski definition) is 2. The fourth-order valence-electron chi connectivity index (χ4n) is 1.54. The van der Waals surface area contributed by atoms with Gasteiger partial charge in [0.15, 0.2) is 0 Å². The lowest BCUT2D eigenvalue weighted by Gasteiger charge is -2.04. The smallest absolute Gasteiger partial charge is 0.124 e. The van der Waals surface area contributed by atoms with Crippen LogP contribution in [0.4, 0.5) is 0 Å². The standard InChI is InChI=1S/C13H10ClNO/c14-13-4-2-1-3-12(13)11-7-10(5-6-16)8-15-9-11/h1-4,6-9H,5H2. The number of halogens is 1. The minimum Gasteiger partial charge on any atom is -0.303 e. The zero-order chi connectivity index (χ0) is 11.4. The fourth-order valence-corrected chi connectivity index (χ4v) is 1.78. The first-order valence-electron chi connectivity index (χ1n) is 4.93. The zero-order valence-corrected chi connectivity index (χ0v) is 9.32. The van der Waals surface area contributed by atoms with E-state index in [2.05, 4.69) is 4.98 Å². The van der Waals surface area contributed by atoms with Gasteiger partial charge in [0, 0.05) is 35.0 Å². The lowest BCUT2D eigenvalue weighted by atomic mass is 10.1. The molecule has 1 heterocycles. The molecule has 0 atom stereocenters. The van der Waals surface area contributed by atoms with Gasteiger partial charge in [0.1, 0.15) is 6.29 Å². The Hall–Kier alpha value is -1.67. The number of aromatic nitrogens is 1. The third kappa shape index (κ3) is 2.28. The van der Waals surface area contributed by atoms with E-state index in [-0.39, 0.29) is 0 Å². The van der Waals surface area contributed by atoms with E-state index in [0.29, 0.717) is 11.4 Å². The van der Waals surface area contributed by atoms with Crippen molar-refractivity contribution in [3.8, 4) is 11.1 Å². The van der Waals surface area contributed by atoms with Crippen molar-refractivity contribution in [1.82, 2.24) is 4.98 Å². The fraction of sp³-hybridized carbons (Fsp3) is 0.0769. The van der Waals surface area contributed by atoms with Gasteiger partial charge >= 0.3 is 0 Å². The molecule has 0 bridgehead atoms. The minimum absolute atomic E-state index is 0.380. The molecule has 2 rings (SSSR count). The van der Waals surface area contributed by atoms with Gasteiger partial charge in [-0.25, -0.2) is 0 Å². The first-order chi connectivity index (χ1) is 7.81. The average Bonchev–Trinajstić information content (AvgIpc) is 2.30. The highest BCUT2D eigenvalue weighted by Crippen LogP contribution is 2.27. The molecule has 80 valence electrons. The van der Waals surface area contributed by atoms with Crippen molar-refractivity contribution >= 4 is 17.9 Å². The van der Waals surface area contributed by atoms with Crippen molar-refractivity contribution in [2.75, 3.05) is 0 Å². The summed E-state index contributed by atoms with van der Waals surface area (Å²) >= 11 is 6.09. The number of pyridine rings is 1. The number of aldehydes is 1. The third-order valence-corrected chi connectivity index (χ3v) is 2.63. The quantitative estimate of drug-likeness (QED) is 0.760. The Labute approximate surface area is 98.9 Å². The molecule has 0 fully saturated rings. The first kappa shape index (κ1) is 10.8. The summed E-state index contributed by atoms with van der Waals surface area (Å²) in [7, 11) is 0. The molecule has 1 aromatic carbocycles. The highest BCUT2D eigenvalue weighted by molar-refractivity contribution is 6.33. The second-order valence-electron chi connectivity index (χ2n) is 3.43. The Balaban J connectivity index is 2.44. The SMILES string of the molecule is O=CCc1cncc(-c2ccccc2Cl)c1. The van der Waals surface area contributed by atoms with E-state index < -0.39 is 0 Å². The van der Waals surface area contributed by atoms with Crippen molar-refractivity contribution in [2.45, 2.75) is 6.42 Å². The maximum atomic E-state index is 10.4. The Kier molecular flexibility index (Phi) is 3.32. The second kappa shape index (κ2) is 4.90. The monoisotopic (exact) mass is 231 g/mol. The molecule has 0 aliphatic heterocycles. The van der Waals surface area contributed by atoms with E-state index in [0.717, 1.165) is 23.0 Å². The predicted molar refractivity (Wildman–Crippen MR) is 64.5 cm³/mol. The van der Waals surface area contributed by atoms with E-state index in [9.17, 15) is 4.79 Å². The van der Waals surface area contributed by atoms with Gasteiger partial charge in [0.25, 0.3) is 0 Å². The van der Waals surface area contributed by atoms with Gasteiger partial charge in [-0.05, 0) is 17.7 Å². The number of benzene rings is 1. The number of nitrogens with zero attached hydrogens (tertiary/aromatic N) is 1. The topological polar surface area (TPSA) is 30.0 Å².